The van der Waals surface area contributed by atoms with Crippen molar-refractivity contribution in [3.8, 4) is 0 Å². The van der Waals surface area contributed by atoms with Crippen LogP contribution in [0.3, 0.4) is 0 Å². The molecule has 0 unspecified atom stereocenters. The largest absolute Gasteiger partial charge is 0.619 e. The summed E-state index contributed by atoms with van der Waals surface area (Å²) in [5, 5.41) is 10.2. The van der Waals surface area contributed by atoms with E-state index in [1.165, 1.54) is 12.4 Å². The van der Waals surface area contributed by atoms with E-state index in [0.29, 0.717) is 0 Å². The predicted molar refractivity (Wildman–Crippen MR) is 38.9 cm³/mol. The van der Waals surface area contributed by atoms with Gasteiger partial charge in [-0.15, -0.1) is 0 Å². The van der Waals surface area contributed by atoms with Crippen molar-refractivity contribution in [2.45, 2.75) is 14.9 Å². The van der Waals surface area contributed by atoms with Crippen molar-refractivity contribution in [2.24, 2.45) is 0 Å². The minimum Gasteiger partial charge on any atom is -0.619 e. The van der Waals surface area contributed by atoms with E-state index in [-0.39, 0.29) is 14.9 Å². The Hall–Kier alpha value is -1.05. The van der Waals surface area contributed by atoms with Crippen molar-refractivity contribution in [2.75, 3.05) is 0 Å². The van der Waals surface area contributed by atoms with Gasteiger partial charge in [-0.25, -0.2) is 0 Å². The molecule has 0 radical (unpaired) electrons. The molecule has 2 heteroatoms. The van der Waals surface area contributed by atoms with Crippen LogP contribution in [0.25, 0.3) is 0 Å². The molecule has 0 saturated carbocycles. The molecular weight excluding hydrogens is 114 g/mol. The van der Waals surface area contributed by atoms with Gasteiger partial charge in [0.2, 0.25) is 0 Å². The van der Waals surface area contributed by atoms with Crippen LogP contribution < -0.4 is 4.73 Å². The lowest BCUT2D eigenvalue weighted by molar-refractivity contribution is -0.605. The van der Waals surface area contributed by atoms with Gasteiger partial charge in [0, 0.05) is 12.1 Å². The van der Waals surface area contributed by atoms with Crippen LogP contribution in [-0.4, -0.2) is 0 Å². The average Bonchev–Trinajstić information content (AvgIpc) is 1.69. The lowest BCUT2D eigenvalue weighted by atomic mass is 10.5. The zero-order chi connectivity index (χ0) is 5.11. The molecule has 2 nitrogen and oxygen atoms in total. The van der Waals surface area contributed by atoms with E-state index < -0.39 is 0 Å². The topological polar surface area (TPSA) is 26.9 Å². The van der Waals surface area contributed by atoms with Crippen LogP contribution in [-0.2, 0) is 0 Å². The highest BCUT2D eigenvalue weighted by molar-refractivity contribution is 4.83. The van der Waals surface area contributed by atoms with E-state index in [9.17, 15) is 5.21 Å². The van der Waals surface area contributed by atoms with Crippen molar-refractivity contribution in [3.05, 3.63) is 35.8 Å². The van der Waals surface area contributed by atoms with Crippen molar-refractivity contribution >= 4 is 0 Å². The number of pyridine rings is 1. The van der Waals surface area contributed by atoms with Gasteiger partial charge in [-0.3, -0.25) is 0 Å². The van der Waals surface area contributed by atoms with Crippen molar-refractivity contribution < 1.29 is 4.73 Å². The summed E-state index contributed by atoms with van der Waals surface area (Å²) in [5.41, 5.74) is 0. The van der Waals surface area contributed by atoms with Crippen molar-refractivity contribution in [3.63, 3.8) is 0 Å². The molecule has 1 rings (SSSR count). The van der Waals surface area contributed by atoms with Crippen LogP contribution in [0.4, 0.5) is 0 Å². The summed E-state index contributed by atoms with van der Waals surface area (Å²) >= 11 is 0. The van der Waals surface area contributed by atoms with Gasteiger partial charge in [-0.05, 0) is 0 Å². The zero-order valence-electron chi connectivity index (χ0n) is 3.74. The average molecular weight is 127 g/mol. The van der Waals surface area contributed by atoms with Gasteiger partial charge in [0.1, 0.15) is 0 Å². The highest BCUT2D eigenvalue weighted by Gasteiger charge is 1.74. The molecule has 0 aliphatic carbocycles. The van der Waals surface area contributed by atoms with E-state index in [0.717, 1.165) is 4.73 Å². The molecule has 0 amide bonds. The van der Waals surface area contributed by atoms with Gasteiger partial charge < -0.3 is 5.21 Å². The fraction of sp³-hybridized carbons (Fsp3) is 0.286. The number of hydrogen-bond donors (Lipinski definition) is 0. The molecule has 0 atom stereocenters. The quantitative estimate of drug-likeness (QED) is 0.384. The first-order valence-electron chi connectivity index (χ1n) is 2.03. The Labute approximate surface area is 56.4 Å². The third kappa shape index (κ3) is 3.53. The van der Waals surface area contributed by atoms with Crippen LogP contribution in [0.5, 0.6) is 0 Å². The number of hydrogen-bond acceptors (Lipinski definition) is 1. The smallest absolute Gasteiger partial charge is 0.180 e. The summed E-state index contributed by atoms with van der Waals surface area (Å²) in [6, 6.07) is 5.18. The maximum Gasteiger partial charge on any atom is 0.180 e. The Morgan fingerprint density at radius 1 is 0.889 bits per heavy atom. The summed E-state index contributed by atoms with van der Waals surface area (Å²) in [6.07, 6.45) is 2.89. The maximum absolute atomic E-state index is 10.2. The third-order valence-corrected chi connectivity index (χ3v) is 0.688. The van der Waals surface area contributed by atoms with Crippen molar-refractivity contribution in [1.82, 2.24) is 0 Å². The third-order valence-electron chi connectivity index (χ3n) is 0.688. The van der Waals surface area contributed by atoms with Crippen LogP contribution in [0.1, 0.15) is 14.9 Å². The maximum atomic E-state index is 10.2. The Morgan fingerprint density at radius 2 is 1.33 bits per heavy atom. The van der Waals surface area contributed by atoms with Crippen LogP contribution >= 0.6 is 0 Å². The van der Waals surface area contributed by atoms with E-state index in [1.54, 1.807) is 18.2 Å². The van der Waals surface area contributed by atoms with Gasteiger partial charge in [-0.2, -0.15) is 4.73 Å². The highest BCUT2D eigenvalue weighted by atomic mass is 16.5. The molecule has 1 aromatic heterocycles. The first kappa shape index (κ1) is 10.8. The predicted octanol–water partition coefficient (Wildman–Crippen LogP) is 1.59. The van der Waals surface area contributed by atoms with Gasteiger partial charge in [-0.1, -0.05) is 20.9 Å². The zero-order valence-corrected chi connectivity index (χ0v) is 3.74. The molecule has 0 aromatic carbocycles. The van der Waals surface area contributed by atoms with E-state index in [4.69, 9.17) is 0 Å². The van der Waals surface area contributed by atoms with Gasteiger partial charge in [0.25, 0.3) is 0 Å². The Morgan fingerprint density at radius 3 is 1.56 bits per heavy atom. The normalized spacial score (nSPS) is 6.67. The van der Waals surface area contributed by atoms with Gasteiger partial charge >= 0.3 is 0 Å². The van der Waals surface area contributed by atoms with E-state index >= 15 is 0 Å². The molecule has 0 aliphatic rings. The monoisotopic (exact) mass is 127 g/mol. The molecule has 0 aliphatic heterocycles. The fourth-order valence-corrected chi connectivity index (χ4v) is 0.383. The molecule has 1 heterocycles. The van der Waals surface area contributed by atoms with Gasteiger partial charge in [0.05, 0.1) is 0 Å². The number of nitrogens with zero attached hydrogens (tertiary/aromatic N) is 1. The number of aromatic nitrogens is 1. The molecule has 1 aromatic rings. The molecule has 0 N–H and O–H groups in total. The summed E-state index contributed by atoms with van der Waals surface area (Å²) in [6.45, 7) is 0. The van der Waals surface area contributed by atoms with Crippen molar-refractivity contribution in [1.29, 1.82) is 0 Å². The Bertz CT molecular complexity index is 139. The molecule has 52 valence electrons. The summed E-state index contributed by atoms with van der Waals surface area (Å²) in [5.74, 6) is 0. The Kier molecular flexibility index (Phi) is 6.14. The summed E-state index contributed by atoms with van der Waals surface area (Å²) in [7, 11) is 0. The van der Waals surface area contributed by atoms with Crippen LogP contribution in [0.15, 0.2) is 30.6 Å². The van der Waals surface area contributed by atoms with Crippen LogP contribution in [0, 0.1) is 5.21 Å². The molecular formula is C7H13NO. The van der Waals surface area contributed by atoms with Gasteiger partial charge in [0.15, 0.2) is 12.4 Å². The first-order chi connectivity index (χ1) is 3.39. The fourth-order valence-electron chi connectivity index (χ4n) is 0.383. The lowest BCUT2D eigenvalue weighted by Gasteiger charge is -1.88. The van der Waals surface area contributed by atoms with E-state index in [1.807, 2.05) is 0 Å². The van der Waals surface area contributed by atoms with Crippen LogP contribution in [0.2, 0.25) is 0 Å². The first-order valence-corrected chi connectivity index (χ1v) is 2.03. The second kappa shape index (κ2) is 5.09. The number of rotatable bonds is 0. The molecule has 0 fully saturated rings. The minimum absolute atomic E-state index is 0. The SMILES string of the molecule is C.C.[O-][n+]1ccccc1. The Balaban J connectivity index is 0. The summed E-state index contributed by atoms with van der Waals surface area (Å²) in [4.78, 5) is 0. The summed E-state index contributed by atoms with van der Waals surface area (Å²) < 4.78 is 0.750. The second-order valence-electron chi connectivity index (χ2n) is 1.24. The second-order valence-corrected chi connectivity index (χ2v) is 1.24. The lowest BCUT2D eigenvalue weighted by Crippen LogP contribution is -2.22. The molecule has 0 saturated heterocycles. The molecule has 9 heavy (non-hydrogen) atoms. The molecule has 0 bridgehead atoms. The molecule has 0 spiro atoms. The van der Waals surface area contributed by atoms with E-state index in [2.05, 4.69) is 0 Å². The minimum atomic E-state index is 0. The highest BCUT2D eigenvalue weighted by Crippen LogP contribution is 1.72. The standard InChI is InChI=1S/C5H5NO.2CH4/c7-6-4-2-1-3-5-6;;/h1-5H;2*1H4.